The Bertz CT molecular complexity index is 951. The molecule has 1 saturated heterocycles. The van der Waals surface area contributed by atoms with Gasteiger partial charge in [-0.1, -0.05) is 30.4 Å². The first-order valence-corrected chi connectivity index (χ1v) is 9.88. The molecule has 5 nitrogen and oxygen atoms in total. The van der Waals surface area contributed by atoms with Crippen LogP contribution < -0.4 is 4.90 Å². The highest BCUT2D eigenvalue weighted by molar-refractivity contribution is 7.22. The summed E-state index contributed by atoms with van der Waals surface area (Å²) in [6.07, 6.45) is 0.992. The molecule has 0 unspecified atom stereocenters. The summed E-state index contributed by atoms with van der Waals surface area (Å²) in [5, 5.41) is 1.06. The SMILES string of the molecule is CCc1cccc2sc(N3CCN(C(=O)c4cc(C)oc4C)CC3)nc12. The maximum Gasteiger partial charge on any atom is 0.257 e. The van der Waals surface area contributed by atoms with Crippen LogP contribution in [0.2, 0.25) is 0 Å². The van der Waals surface area contributed by atoms with Gasteiger partial charge in [0, 0.05) is 26.2 Å². The van der Waals surface area contributed by atoms with E-state index in [0.29, 0.717) is 24.4 Å². The lowest BCUT2D eigenvalue weighted by atomic mass is 10.1. The normalized spacial score (nSPS) is 15.0. The summed E-state index contributed by atoms with van der Waals surface area (Å²) >= 11 is 1.74. The molecule has 1 aromatic carbocycles. The highest BCUT2D eigenvalue weighted by Gasteiger charge is 2.26. The third kappa shape index (κ3) is 2.98. The molecule has 0 N–H and O–H groups in total. The Morgan fingerprint density at radius 2 is 2.00 bits per heavy atom. The molecule has 1 fully saturated rings. The summed E-state index contributed by atoms with van der Waals surface area (Å²) in [6.45, 7) is 8.92. The van der Waals surface area contributed by atoms with Crippen molar-refractivity contribution in [2.75, 3.05) is 31.1 Å². The molecule has 0 spiro atoms. The Labute approximate surface area is 157 Å². The molecule has 0 atom stereocenters. The summed E-state index contributed by atoms with van der Waals surface area (Å²) in [5.74, 6) is 1.55. The Balaban J connectivity index is 1.48. The maximum atomic E-state index is 12.7. The van der Waals surface area contributed by atoms with E-state index in [4.69, 9.17) is 9.40 Å². The molecule has 1 amide bonds. The van der Waals surface area contributed by atoms with Gasteiger partial charge in [0.1, 0.15) is 11.5 Å². The number of furan rings is 1. The minimum absolute atomic E-state index is 0.0663. The molecule has 3 heterocycles. The summed E-state index contributed by atoms with van der Waals surface area (Å²) in [7, 11) is 0. The highest BCUT2D eigenvalue weighted by atomic mass is 32.1. The summed E-state index contributed by atoms with van der Waals surface area (Å²) in [5.41, 5.74) is 3.10. The van der Waals surface area contributed by atoms with Crippen LogP contribution in [0.25, 0.3) is 10.2 Å². The van der Waals surface area contributed by atoms with E-state index in [2.05, 4.69) is 30.0 Å². The molecule has 1 aliphatic rings. The Morgan fingerprint density at radius 1 is 1.23 bits per heavy atom. The lowest BCUT2D eigenvalue weighted by Crippen LogP contribution is -2.48. The second-order valence-electron chi connectivity index (χ2n) is 6.72. The minimum atomic E-state index is 0.0663. The van der Waals surface area contributed by atoms with Crippen LogP contribution in [0.1, 0.15) is 34.4 Å². The number of piperazine rings is 1. The lowest BCUT2D eigenvalue weighted by Gasteiger charge is -2.34. The largest absolute Gasteiger partial charge is 0.466 e. The second-order valence-corrected chi connectivity index (χ2v) is 7.73. The van der Waals surface area contributed by atoms with Crippen molar-refractivity contribution in [2.24, 2.45) is 0 Å². The van der Waals surface area contributed by atoms with Gasteiger partial charge < -0.3 is 14.2 Å². The number of hydrogen-bond donors (Lipinski definition) is 0. The number of fused-ring (bicyclic) bond motifs is 1. The van der Waals surface area contributed by atoms with Gasteiger partial charge in [0.2, 0.25) is 0 Å². The van der Waals surface area contributed by atoms with Gasteiger partial charge in [-0.05, 0) is 38.0 Å². The quantitative estimate of drug-likeness (QED) is 0.699. The van der Waals surface area contributed by atoms with Crippen LogP contribution in [-0.2, 0) is 6.42 Å². The lowest BCUT2D eigenvalue weighted by molar-refractivity contribution is 0.0745. The first kappa shape index (κ1) is 17.1. The van der Waals surface area contributed by atoms with Gasteiger partial charge in [0.05, 0.1) is 15.8 Å². The van der Waals surface area contributed by atoms with Crippen LogP contribution in [0.5, 0.6) is 0 Å². The van der Waals surface area contributed by atoms with E-state index in [1.165, 1.54) is 10.3 Å². The van der Waals surface area contributed by atoms with E-state index >= 15 is 0 Å². The van der Waals surface area contributed by atoms with Crippen molar-refractivity contribution in [3.05, 3.63) is 46.9 Å². The Hall–Kier alpha value is -2.34. The van der Waals surface area contributed by atoms with Crippen molar-refractivity contribution in [2.45, 2.75) is 27.2 Å². The van der Waals surface area contributed by atoms with Gasteiger partial charge in [0.15, 0.2) is 5.13 Å². The summed E-state index contributed by atoms with van der Waals surface area (Å²) in [4.78, 5) is 21.8. The van der Waals surface area contributed by atoms with E-state index in [1.54, 1.807) is 11.3 Å². The number of aromatic nitrogens is 1. The average molecular weight is 369 g/mol. The first-order chi connectivity index (χ1) is 12.6. The van der Waals surface area contributed by atoms with Crippen molar-refractivity contribution in [1.82, 2.24) is 9.88 Å². The molecule has 1 aliphatic heterocycles. The van der Waals surface area contributed by atoms with E-state index in [1.807, 2.05) is 24.8 Å². The molecular weight excluding hydrogens is 346 g/mol. The smallest absolute Gasteiger partial charge is 0.257 e. The Morgan fingerprint density at radius 3 is 2.65 bits per heavy atom. The zero-order chi connectivity index (χ0) is 18.3. The van der Waals surface area contributed by atoms with Crippen LogP contribution in [0, 0.1) is 13.8 Å². The van der Waals surface area contributed by atoms with Gasteiger partial charge in [-0.15, -0.1) is 0 Å². The van der Waals surface area contributed by atoms with Crippen LogP contribution in [0.4, 0.5) is 5.13 Å². The number of aryl methyl sites for hydroxylation is 3. The molecule has 3 aromatic rings. The van der Waals surface area contributed by atoms with E-state index in [-0.39, 0.29) is 5.91 Å². The minimum Gasteiger partial charge on any atom is -0.466 e. The molecule has 0 aliphatic carbocycles. The average Bonchev–Trinajstić information content (AvgIpc) is 3.23. The van der Waals surface area contributed by atoms with Crippen LogP contribution in [0.3, 0.4) is 0 Å². The van der Waals surface area contributed by atoms with Gasteiger partial charge in [-0.25, -0.2) is 4.98 Å². The third-order valence-electron chi connectivity index (χ3n) is 4.98. The monoisotopic (exact) mass is 369 g/mol. The number of carbonyl (C=O) groups is 1. The van der Waals surface area contributed by atoms with E-state index in [9.17, 15) is 4.79 Å². The number of anilines is 1. The van der Waals surface area contributed by atoms with Crippen LogP contribution in [0.15, 0.2) is 28.7 Å². The van der Waals surface area contributed by atoms with Crippen LogP contribution in [-0.4, -0.2) is 42.0 Å². The predicted molar refractivity (Wildman–Crippen MR) is 105 cm³/mol. The fraction of sp³-hybridized carbons (Fsp3) is 0.400. The summed E-state index contributed by atoms with van der Waals surface area (Å²) in [6, 6.07) is 8.23. The first-order valence-electron chi connectivity index (χ1n) is 9.06. The van der Waals surface area contributed by atoms with Crippen molar-refractivity contribution in [1.29, 1.82) is 0 Å². The van der Waals surface area contributed by atoms with Crippen molar-refractivity contribution < 1.29 is 9.21 Å². The zero-order valence-electron chi connectivity index (χ0n) is 15.4. The second kappa shape index (κ2) is 6.76. The number of hydrogen-bond acceptors (Lipinski definition) is 5. The highest BCUT2D eigenvalue weighted by Crippen LogP contribution is 2.31. The molecule has 0 radical (unpaired) electrons. The number of amides is 1. The van der Waals surface area contributed by atoms with Gasteiger partial charge >= 0.3 is 0 Å². The van der Waals surface area contributed by atoms with Crippen LogP contribution >= 0.6 is 11.3 Å². The number of rotatable bonds is 3. The molecular formula is C20H23N3O2S. The van der Waals surface area contributed by atoms with Gasteiger partial charge in [-0.2, -0.15) is 0 Å². The third-order valence-corrected chi connectivity index (χ3v) is 6.06. The number of para-hydroxylation sites is 1. The molecule has 6 heteroatoms. The molecule has 2 aromatic heterocycles. The molecule has 0 saturated carbocycles. The number of thiazole rings is 1. The molecule has 4 rings (SSSR count). The van der Waals surface area contributed by atoms with Gasteiger partial charge in [-0.3, -0.25) is 4.79 Å². The number of carbonyl (C=O) groups excluding carboxylic acids is 1. The van der Waals surface area contributed by atoms with Crippen molar-refractivity contribution in [3.8, 4) is 0 Å². The zero-order valence-corrected chi connectivity index (χ0v) is 16.2. The van der Waals surface area contributed by atoms with Gasteiger partial charge in [0.25, 0.3) is 5.91 Å². The summed E-state index contributed by atoms with van der Waals surface area (Å²) < 4.78 is 6.74. The fourth-order valence-corrected chi connectivity index (χ4v) is 4.59. The standard InChI is InChI=1S/C20H23N3O2S/c1-4-15-6-5-7-17-18(15)21-20(26-17)23-10-8-22(9-11-23)19(24)16-12-13(2)25-14(16)3/h5-7,12H,4,8-11H2,1-3H3. The fourth-order valence-electron chi connectivity index (χ4n) is 3.53. The Kier molecular flexibility index (Phi) is 4.44. The molecule has 136 valence electrons. The van der Waals surface area contributed by atoms with E-state index in [0.717, 1.165) is 35.9 Å². The molecule has 0 bridgehead atoms. The van der Waals surface area contributed by atoms with Crippen molar-refractivity contribution >= 4 is 32.6 Å². The van der Waals surface area contributed by atoms with E-state index < -0.39 is 0 Å². The predicted octanol–water partition coefficient (Wildman–Crippen LogP) is 4.03. The number of nitrogens with zero attached hydrogens (tertiary/aromatic N) is 3. The van der Waals surface area contributed by atoms with Crippen molar-refractivity contribution in [3.63, 3.8) is 0 Å². The molecule has 26 heavy (non-hydrogen) atoms. The topological polar surface area (TPSA) is 49.6 Å². The number of benzene rings is 1. The maximum absolute atomic E-state index is 12.7.